The third kappa shape index (κ3) is 0.801. The highest BCUT2D eigenvalue weighted by molar-refractivity contribution is 5.32. The van der Waals surface area contributed by atoms with Crippen molar-refractivity contribution in [2.75, 3.05) is 27.2 Å². The number of fused-ring (bicyclic) bond motifs is 5. The van der Waals surface area contributed by atoms with E-state index in [0.717, 1.165) is 11.8 Å². The molecule has 0 radical (unpaired) electrons. The van der Waals surface area contributed by atoms with Gasteiger partial charge in [-0.2, -0.15) is 0 Å². The Kier molecular flexibility index (Phi) is 1.54. The molecule has 14 heavy (non-hydrogen) atoms. The van der Waals surface area contributed by atoms with Crippen LogP contribution in [0.5, 0.6) is 0 Å². The summed E-state index contributed by atoms with van der Waals surface area (Å²) in [4.78, 5) is 2.44. The molecule has 3 rings (SSSR count). The number of nitrogens with zero attached hydrogens (tertiary/aromatic N) is 1. The standard InChI is InChI=1S/C12H20N2/c1-11-4-5-12(8-11,14(2)3)10-7-13-6-9(10)11/h4-5,9-10,13H,6-8H2,1-3H3. The van der Waals surface area contributed by atoms with E-state index in [0.29, 0.717) is 11.0 Å². The van der Waals surface area contributed by atoms with E-state index in [1.807, 2.05) is 0 Å². The molecule has 1 heterocycles. The molecule has 2 fully saturated rings. The number of likely N-dealkylation sites (N-methyl/N-ethyl adjacent to an activating group) is 1. The van der Waals surface area contributed by atoms with E-state index in [4.69, 9.17) is 0 Å². The average molecular weight is 192 g/mol. The molecule has 1 aliphatic heterocycles. The Morgan fingerprint density at radius 3 is 2.64 bits per heavy atom. The zero-order chi connectivity index (χ0) is 9.97. The van der Waals surface area contributed by atoms with Gasteiger partial charge < -0.3 is 5.32 Å². The van der Waals surface area contributed by atoms with E-state index >= 15 is 0 Å². The molecule has 0 aromatic carbocycles. The Morgan fingerprint density at radius 2 is 1.93 bits per heavy atom. The first-order chi connectivity index (χ1) is 6.58. The summed E-state index contributed by atoms with van der Waals surface area (Å²) in [7, 11) is 4.47. The van der Waals surface area contributed by atoms with Crippen LogP contribution in [0.15, 0.2) is 12.2 Å². The van der Waals surface area contributed by atoms with Crippen LogP contribution in [0.3, 0.4) is 0 Å². The van der Waals surface area contributed by atoms with E-state index in [9.17, 15) is 0 Å². The van der Waals surface area contributed by atoms with Crippen molar-refractivity contribution >= 4 is 0 Å². The molecule has 2 bridgehead atoms. The maximum absolute atomic E-state index is 3.56. The number of hydrogen-bond acceptors (Lipinski definition) is 2. The highest BCUT2D eigenvalue weighted by Crippen LogP contribution is 2.61. The largest absolute Gasteiger partial charge is 0.316 e. The van der Waals surface area contributed by atoms with Gasteiger partial charge >= 0.3 is 0 Å². The van der Waals surface area contributed by atoms with Crippen molar-refractivity contribution in [2.45, 2.75) is 18.9 Å². The van der Waals surface area contributed by atoms with Crippen LogP contribution in [0.2, 0.25) is 0 Å². The number of hydrogen-bond donors (Lipinski definition) is 1. The van der Waals surface area contributed by atoms with E-state index in [-0.39, 0.29) is 0 Å². The molecule has 4 unspecified atom stereocenters. The van der Waals surface area contributed by atoms with Crippen LogP contribution >= 0.6 is 0 Å². The van der Waals surface area contributed by atoms with Crippen LogP contribution in [0.25, 0.3) is 0 Å². The first-order valence-corrected chi connectivity index (χ1v) is 5.67. The summed E-state index contributed by atoms with van der Waals surface area (Å²) in [6.07, 6.45) is 6.28. The van der Waals surface area contributed by atoms with Crippen molar-refractivity contribution in [1.29, 1.82) is 0 Å². The minimum Gasteiger partial charge on any atom is -0.316 e. The van der Waals surface area contributed by atoms with Crippen molar-refractivity contribution in [3.63, 3.8) is 0 Å². The van der Waals surface area contributed by atoms with Gasteiger partial charge in [-0.25, -0.2) is 0 Å². The van der Waals surface area contributed by atoms with Gasteiger partial charge in [-0.1, -0.05) is 19.1 Å². The monoisotopic (exact) mass is 192 g/mol. The molecule has 78 valence electrons. The molecule has 3 aliphatic rings. The molecular formula is C12H20N2. The Balaban J connectivity index is 2.06. The second kappa shape index (κ2) is 2.42. The summed E-state index contributed by atoms with van der Waals surface area (Å²) >= 11 is 0. The second-order valence-corrected chi connectivity index (χ2v) is 5.77. The van der Waals surface area contributed by atoms with Crippen molar-refractivity contribution in [2.24, 2.45) is 17.3 Å². The SMILES string of the molecule is CN(C)C12C=CC(C)(C1)C1CNCC12. The fourth-order valence-corrected chi connectivity index (χ4v) is 4.11. The molecule has 2 heteroatoms. The van der Waals surface area contributed by atoms with Gasteiger partial charge in [-0.3, -0.25) is 4.90 Å². The minimum atomic E-state index is 0.364. The van der Waals surface area contributed by atoms with Gasteiger partial charge in [0.05, 0.1) is 0 Å². The summed E-state index contributed by atoms with van der Waals surface area (Å²) in [5.41, 5.74) is 0.835. The van der Waals surface area contributed by atoms with Gasteiger partial charge in [0.2, 0.25) is 0 Å². The third-order valence-corrected chi connectivity index (χ3v) is 4.95. The Morgan fingerprint density at radius 1 is 1.21 bits per heavy atom. The Labute approximate surface area is 86.4 Å². The molecule has 4 atom stereocenters. The molecule has 1 saturated heterocycles. The van der Waals surface area contributed by atoms with Gasteiger partial charge in [-0.05, 0) is 44.3 Å². The summed E-state index contributed by atoms with van der Waals surface area (Å²) in [6, 6.07) is 0. The third-order valence-electron chi connectivity index (χ3n) is 4.95. The lowest BCUT2D eigenvalue weighted by Gasteiger charge is -2.38. The summed E-state index contributed by atoms with van der Waals surface area (Å²) < 4.78 is 0. The number of allylic oxidation sites excluding steroid dienone is 1. The topological polar surface area (TPSA) is 15.3 Å². The van der Waals surface area contributed by atoms with E-state index < -0.39 is 0 Å². The number of rotatable bonds is 1. The smallest absolute Gasteiger partial charge is 0.0437 e. The minimum absolute atomic E-state index is 0.364. The van der Waals surface area contributed by atoms with Crippen LogP contribution in [0.4, 0.5) is 0 Å². The fraction of sp³-hybridized carbons (Fsp3) is 0.833. The molecule has 0 aromatic rings. The molecule has 2 aliphatic carbocycles. The Hall–Kier alpha value is -0.340. The van der Waals surface area contributed by atoms with Crippen LogP contribution in [-0.4, -0.2) is 37.6 Å². The quantitative estimate of drug-likeness (QED) is 0.626. The molecule has 2 nitrogen and oxygen atoms in total. The van der Waals surface area contributed by atoms with Crippen LogP contribution < -0.4 is 5.32 Å². The predicted molar refractivity (Wildman–Crippen MR) is 58.1 cm³/mol. The van der Waals surface area contributed by atoms with Crippen molar-refractivity contribution in [1.82, 2.24) is 10.2 Å². The molecule has 0 amide bonds. The van der Waals surface area contributed by atoms with E-state index in [1.165, 1.54) is 19.5 Å². The highest BCUT2D eigenvalue weighted by Gasteiger charge is 2.62. The molecule has 0 spiro atoms. The van der Waals surface area contributed by atoms with Crippen molar-refractivity contribution in [3.05, 3.63) is 12.2 Å². The average Bonchev–Trinajstić information content (AvgIpc) is 2.71. The van der Waals surface area contributed by atoms with Gasteiger partial charge in [0.15, 0.2) is 0 Å². The molecule has 1 N–H and O–H groups in total. The second-order valence-electron chi connectivity index (χ2n) is 5.77. The molecule has 1 saturated carbocycles. The van der Waals surface area contributed by atoms with Gasteiger partial charge in [0, 0.05) is 12.1 Å². The number of nitrogens with one attached hydrogen (secondary N) is 1. The van der Waals surface area contributed by atoms with Crippen LogP contribution in [0, 0.1) is 17.3 Å². The fourth-order valence-electron chi connectivity index (χ4n) is 4.11. The molecular weight excluding hydrogens is 172 g/mol. The lowest BCUT2D eigenvalue weighted by Crippen LogP contribution is -2.47. The van der Waals surface area contributed by atoms with Gasteiger partial charge in [0.1, 0.15) is 0 Å². The van der Waals surface area contributed by atoms with Gasteiger partial charge in [0.25, 0.3) is 0 Å². The summed E-state index contributed by atoms with van der Waals surface area (Å²) in [5, 5.41) is 3.56. The maximum atomic E-state index is 3.56. The zero-order valence-electron chi connectivity index (χ0n) is 9.38. The first kappa shape index (κ1) is 8.93. The summed E-state index contributed by atoms with van der Waals surface area (Å²) in [5.74, 6) is 1.71. The first-order valence-electron chi connectivity index (χ1n) is 5.67. The van der Waals surface area contributed by atoms with E-state index in [2.05, 4.69) is 43.4 Å². The van der Waals surface area contributed by atoms with Crippen LogP contribution in [-0.2, 0) is 0 Å². The molecule has 0 aromatic heterocycles. The van der Waals surface area contributed by atoms with Crippen molar-refractivity contribution < 1.29 is 0 Å². The van der Waals surface area contributed by atoms with Gasteiger partial charge in [-0.15, -0.1) is 0 Å². The van der Waals surface area contributed by atoms with E-state index in [1.54, 1.807) is 0 Å². The predicted octanol–water partition coefficient (Wildman–Crippen LogP) is 1.10. The van der Waals surface area contributed by atoms with Crippen molar-refractivity contribution in [3.8, 4) is 0 Å². The highest BCUT2D eigenvalue weighted by atomic mass is 15.2. The van der Waals surface area contributed by atoms with Crippen LogP contribution in [0.1, 0.15) is 13.3 Å². The normalized spacial score (nSPS) is 54.6. The maximum Gasteiger partial charge on any atom is 0.0437 e. The summed E-state index contributed by atoms with van der Waals surface area (Å²) in [6.45, 7) is 4.87. The Bertz CT molecular complexity index is 297. The lowest BCUT2D eigenvalue weighted by atomic mass is 9.75. The lowest BCUT2D eigenvalue weighted by molar-refractivity contribution is 0.155. The zero-order valence-corrected chi connectivity index (χ0v) is 9.38.